The fourth-order valence-electron chi connectivity index (χ4n) is 1.03. The minimum Gasteiger partial charge on any atom is -0.134 e. The van der Waals surface area contributed by atoms with E-state index in [1.165, 1.54) is 44.9 Å². The molecule has 0 amide bonds. The van der Waals surface area contributed by atoms with E-state index in [2.05, 4.69) is 13.8 Å². The van der Waals surface area contributed by atoms with Gasteiger partial charge in [0.2, 0.25) is 0 Å². The summed E-state index contributed by atoms with van der Waals surface area (Å²) < 4.78 is 8.70. The lowest BCUT2D eigenvalue weighted by molar-refractivity contribution is 0.405. The van der Waals surface area contributed by atoms with Crippen molar-refractivity contribution in [1.29, 1.82) is 0 Å². The number of hydrogen-bond acceptors (Lipinski definition) is 1. The van der Waals surface area contributed by atoms with Gasteiger partial charge in [0.15, 0.2) is 0 Å². The molecule has 0 aromatic rings. The molecule has 0 heterocycles. The van der Waals surface area contributed by atoms with E-state index in [-0.39, 0.29) is 0 Å². The van der Waals surface area contributed by atoms with Gasteiger partial charge < -0.3 is 0 Å². The van der Waals surface area contributed by atoms with Crippen LogP contribution < -0.4 is 0 Å². The third kappa shape index (κ3) is 33.3. The van der Waals surface area contributed by atoms with Crippen molar-refractivity contribution < 1.29 is 14.4 Å². The van der Waals surface area contributed by atoms with Gasteiger partial charge in [0.05, 0.1) is 0 Å². The summed E-state index contributed by atoms with van der Waals surface area (Å²) in [5.41, 5.74) is 0. The normalized spacial score (nSPS) is 8.92. The second kappa shape index (κ2) is 14.5. The van der Waals surface area contributed by atoms with Crippen LogP contribution in [0.15, 0.2) is 0 Å². The van der Waals surface area contributed by atoms with Gasteiger partial charge in [-0.2, -0.15) is 0 Å². The van der Waals surface area contributed by atoms with Crippen LogP contribution in [0.4, 0.5) is 0 Å². The molecule has 0 aromatic carbocycles. The highest BCUT2D eigenvalue weighted by Crippen LogP contribution is 2.05. The van der Waals surface area contributed by atoms with E-state index in [0.29, 0.717) is 0 Å². The fraction of sp³-hybridized carbons (Fsp3) is 1.00. The summed E-state index contributed by atoms with van der Waals surface area (Å²) in [6, 6.07) is 0. The van der Waals surface area contributed by atoms with Gasteiger partial charge in [-0.15, -0.1) is 9.79 Å². The Kier molecular flexibility index (Phi) is 17.3. The Balaban J connectivity index is 0. The van der Waals surface area contributed by atoms with Gasteiger partial charge in [-0.05, 0) is 0 Å². The lowest BCUT2D eigenvalue weighted by atomic mass is 10.1. The Hall–Kier alpha value is 0.0200. The molecular weight excluding hydrogens is 187 g/mol. The zero-order chi connectivity index (χ0) is 10.5. The van der Waals surface area contributed by atoms with Gasteiger partial charge >= 0.3 is 8.25 Å². The molecule has 80 valence electrons. The Labute approximate surface area is 82.1 Å². The molecule has 0 bridgehead atoms. The standard InChI is InChI=1S/C9H20.HO3P/c1-3-5-7-9-8-6-4-2;1-4(2)3/h3-9H2,1-2H3;(H-,1,2,3)/p+1. The molecular formula is C9H22O3P+. The number of hydrogen-bond donors (Lipinski definition) is 2. The van der Waals surface area contributed by atoms with Crippen LogP contribution in [0, 0.1) is 0 Å². The van der Waals surface area contributed by atoms with Gasteiger partial charge in [-0.3, -0.25) is 0 Å². The van der Waals surface area contributed by atoms with Gasteiger partial charge in [-0.1, -0.05) is 58.8 Å². The van der Waals surface area contributed by atoms with Crippen LogP contribution in [0.25, 0.3) is 0 Å². The molecule has 0 aliphatic heterocycles. The minimum absolute atomic E-state index is 1.37. The van der Waals surface area contributed by atoms with E-state index in [1.807, 2.05) is 0 Å². The van der Waals surface area contributed by atoms with Gasteiger partial charge in [0.25, 0.3) is 0 Å². The molecule has 0 radical (unpaired) electrons. The maximum atomic E-state index is 8.70. The highest BCUT2D eigenvalue weighted by Gasteiger charge is 1.93. The molecule has 0 aromatic heterocycles. The van der Waals surface area contributed by atoms with Crippen LogP contribution in [0.3, 0.4) is 0 Å². The fourth-order valence-corrected chi connectivity index (χ4v) is 1.03. The summed E-state index contributed by atoms with van der Waals surface area (Å²) >= 11 is 0. The second-order valence-corrected chi connectivity index (χ2v) is 3.53. The summed E-state index contributed by atoms with van der Waals surface area (Å²) in [5, 5.41) is 0. The van der Waals surface area contributed by atoms with Gasteiger partial charge in [0, 0.05) is 4.57 Å². The zero-order valence-electron chi connectivity index (χ0n) is 8.70. The van der Waals surface area contributed by atoms with Crippen molar-refractivity contribution in [2.24, 2.45) is 0 Å². The molecule has 4 heteroatoms. The first kappa shape index (κ1) is 15.5. The summed E-state index contributed by atoms with van der Waals surface area (Å²) in [7, 11) is -2.87. The molecule has 0 fully saturated rings. The molecule has 0 saturated carbocycles. The number of rotatable bonds is 6. The average molecular weight is 209 g/mol. The average Bonchev–Trinajstić information content (AvgIpc) is 2.03. The van der Waals surface area contributed by atoms with E-state index < -0.39 is 8.25 Å². The molecule has 2 N–H and O–H groups in total. The largest absolute Gasteiger partial charge is 0.692 e. The van der Waals surface area contributed by atoms with Crippen molar-refractivity contribution in [3.63, 3.8) is 0 Å². The maximum Gasteiger partial charge on any atom is 0.692 e. The highest BCUT2D eigenvalue weighted by molar-refractivity contribution is 7.30. The van der Waals surface area contributed by atoms with Crippen molar-refractivity contribution in [2.45, 2.75) is 58.8 Å². The van der Waals surface area contributed by atoms with E-state index in [9.17, 15) is 0 Å². The van der Waals surface area contributed by atoms with Crippen LogP contribution in [-0.4, -0.2) is 9.79 Å². The molecule has 0 rings (SSSR count). The van der Waals surface area contributed by atoms with Crippen molar-refractivity contribution in [3.8, 4) is 0 Å². The second-order valence-electron chi connectivity index (χ2n) is 3.02. The first-order valence-corrected chi connectivity index (χ1v) is 6.16. The molecule has 0 saturated heterocycles. The van der Waals surface area contributed by atoms with Crippen LogP contribution in [0.2, 0.25) is 0 Å². The van der Waals surface area contributed by atoms with Crippen LogP contribution in [-0.2, 0) is 4.57 Å². The molecule has 13 heavy (non-hydrogen) atoms. The molecule has 0 atom stereocenters. The highest BCUT2D eigenvalue weighted by atomic mass is 31.1. The molecule has 0 spiro atoms. The third-order valence-electron chi connectivity index (χ3n) is 1.71. The van der Waals surface area contributed by atoms with E-state index in [0.717, 1.165) is 0 Å². The van der Waals surface area contributed by atoms with Crippen LogP contribution >= 0.6 is 8.25 Å². The zero-order valence-corrected chi connectivity index (χ0v) is 9.59. The maximum absolute atomic E-state index is 8.70. The Morgan fingerprint density at radius 1 is 0.846 bits per heavy atom. The lowest BCUT2D eigenvalue weighted by Gasteiger charge is -1.96. The first-order valence-electron chi connectivity index (χ1n) is 5.00. The number of unbranched alkanes of at least 4 members (excludes halogenated alkanes) is 6. The molecule has 0 aliphatic rings. The quantitative estimate of drug-likeness (QED) is 0.520. The summed E-state index contributed by atoms with van der Waals surface area (Å²) in [4.78, 5) is 14.2. The van der Waals surface area contributed by atoms with E-state index >= 15 is 0 Å². The van der Waals surface area contributed by atoms with E-state index in [1.54, 1.807) is 0 Å². The molecule has 0 unspecified atom stereocenters. The van der Waals surface area contributed by atoms with Crippen LogP contribution in [0.5, 0.6) is 0 Å². The smallest absolute Gasteiger partial charge is 0.134 e. The van der Waals surface area contributed by atoms with Crippen molar-refractivity contribution >= 4 is 8.25 Å². The molecule has 0 aliphatic carbocycles. The van der Waals surface area contributed by atoms with Gasteiger partial charge in [0.1, 0.15) is 0 Å². The SMILES string of the molecule is CCCCCCCCC.O=[P+](O)O. The summed E-state index contributed by atoms with van der Waals surface area (Å²) in [6.45, 7) is 4.53. The Bertz CT molecular complexity index is 97.0. The predicted molar refractivity (Wildman–Crippen MR) is 55.7 cm³/mol. The first-order chi connectivity index (χ1) is 6.15. The van der Waals surface area contributed by atoms with Crippen molar-refractivity contribution in [3.05, 3.63) is 0 Å². The summed E-state index contributed by atoms with van der Waals surface area (Å²) in [5.74, 6) is 0. The molecule has 3 nitrogen and oxygen atoms in total. The summed E-state index contributed by atoms with van der Waals surface area (Å²) in [6.07, 6.45) is 9.97. The van der Waals surface area contributed by atoms with Crippen molar-refractivity contribution in [2.75, 3.05) is 0 Å². The van der Waals surface area contributed by atoms with Crippen LogP contribution in [0.1, 0.15) is 58.8 Å². The lowest BCUT2D eigenvalue weighted by Crippen LogP contribution is -1.76. The monoisotopic (exact) mass is 209 g/mol. The van der Waals surface area contributed by atoms with Gasteiger partial charge in [-0.25, -0.2) is 0 Å². The Morgan fingerprint density at radius 2 is 1.08 bits per heavy atom. The Morgan fingerprint density at radius 3 is 1.31 bits per heavy atom. The predicted octanol–water partition coefficient (Wildman–Crippen LogP) is 3.39. The third-order valence-corrected chi connectivity index (χ3v) is 1.71. The minimum atomic E-state index is -2.87. The van der Waals surface area contributed by atoms with Crippen molar-refractivity contribution in [1.82, 2.24) is 0 Å². The topological polar surface area (TPSA) is 57.5 Å². The van der Waals surface area contributed by atoms with E-state index in [4.69, 9.17) is 14.4 Å².